The van der Waals surface area contributed by atoms with Gasteiger partial charge in [-0.05, 0) is 13.0 Å². The van der Waals surface area contributed by atoms with Gasteiger partial charge in [-0.3, -0.25) is 10.1 Å². The van der Waals surface area contributed by atoms with E-state index in [1.807, 2.05) is 55.5 Å². The summed E-state index contributed by atoms with van der Waals surface area (Å²) in [7, 11) is 0. The van der Waals surface area contributed by atoms with Crippen molar-refractivity contribution < 1.29 is 9.34 Å². The summed E-state index contributed by atoms with van der Waals surface area (Å²) in [6.07, 6.45) is 5.42. The van der Waals surface area contributed by atoms with Crippen molar-refractivity contribution >= 4 is 27.5 Å². The lowest BCUT2D eigenvalue weighted by Gasteiger charge is -2.03. The molecule has 110 valence electrons. The summed E-state index contributed by atoms with van der Waals surface area (Å²) < 4.78 is 5.94. The maximum Gasteiger partial charge on any atom is 0.229 e. The number of hydrogen-bond donors (Lipinski definition) is 0. The number of nitro groups is 1. The van der Waals surface area contributed by atoms with E-state index in [1.165, 1.54) is 0 Å². The minimum atomic E-state index is -0.323. The van der Waals surface area contributed by atoms with Crippen LogP contribution in [0.1, 0.15) is 12.5 Å². The van der Waals surface area contributed by atoms with Crippen molar-refractivity contribution in [3.05, 3.63) is 76.4 Å². The second-order valence-corrected chi connectivity index (χ2v) is 4.99. The number of rotatable bonds is 4. The fourth-order valence-corrected chi connectivity index (χ4v) is 2.58. The molecule has 0 N–H and O–H groups in total. The molecule has 0 bridgehead atoms. The van der Waals surface area contributed by atoms with E-state index in [1.54, 1.807) is 12.2 Å². The molecule has 1 heterocycles. The predicted octanol–water partition coefficient (Wildman–Crippen LogP) is 4.82. The van der Waals surface area contributed by atoms with Gasteiger partial charge in [0.2, 0.25) is 6.54 Å². The second-order valence-electron chi connectivity index (χ2n) is 4.99. The fourth-order valence-electron chi connectivity index (χ4n) is 2.58. The van der Waals surface area contributed by atoms with Gasteiger partial charge in [-0.15, -0.1) is 0 Å². The highest BCUT2D eigenvalue weighted by Crippen LogP contribution is 2.33. The molecule has 0 aliphatic carbocycles. The van der Waals surface area contributed by atoms with Crippen molar-refractivity contribution in [2.45, 2.75) is 6.92 Å². The highest BCUT2D eigenvalue weighted by molar-refractivity contribution is 6.08. The number of hydrogen-bond acceptors (Lipinski definition) is 3. The largest absolute Gasteiger partial charge is 0.455 e. The normalized spacial score (nSPS) is 12.5. The van der Waals surface area contributed by atoms with Gasteiger partial charge in [0.25, 0.3) is 0 Å². The second kappa shape index (κ2) is 5.85. The highest BCUT2D eigenvalue weighted by atomic mass is 16.6. The monoisotopic (exact) mass is 293 g/mol. The summed E-state index contributed by atoms with van der Waals surface area (Å²) >= 11 is 0. The van der Waals surface area contributed by atoms with E-state index in [0.717, 1.165) is 21.9 Å². The first kappa shape index (κ1) is 14.1. The van der Waals surface area contributed by atoms with Crippen molar-refractivity contribution in [2.24, 2.45) is 0 Å². The summed E-state index contributed by atoms with van der Waals surface area (Å²) in [6, 6.07) is 13.5. The molecule has 0 unspecified atom stereocenters. The van der Waals surface area contributed by atoms with Gasteiger partial charge in [-0.25, -0.2) is 0 Å². The molecule has 22 heavy (non-hydrogen) atoms. The van der Waals surface area contributed by atoms with Crippen LogP contribution in [0.25, 0.3) is 27.5 Å². The van der Waals surface area contributed by atoms with Crippen molar-refractivity contribution in [3.63, 3.8) is 0 Å². The Hall–Kier alpha value is -2.88. The molecule has 0 fully saturated rings. The van der Waals surface area contributed by atoms with E-state index < -0.39 is 0 Å². The van der Waals surface area contributed by atoms with Crippen LogP contribution in [0.4, 0.5) is 0 Å². The first-order valence-electron chi connectivity index (χ1n) is 7.05. The smallest absolute Gasteiger partial charge is 0.229 e. The minimum absolute atomic E-state index is 0.236. The molecule has 4 nitrogen and oxygen atoms in total. The van der Waals surface area contributed by atoms with Gasteiger partial charge in [-0.1, -0.05) is 54.6 Å². The van der Waals surface area contributed by atoms with Crippen LogP contribution in [0.3, 0.4) is 0 Å². The molecule has 0 aliphatic heterocycles. The maximum atomic E-state index is 11.0. The Labute approximate surface area is 127 Å². The SMILES string of the molecule is C/C=C\C=C(/C[N+](=O)[O-])c1cccc2c1oc1ccccc12. The van der Waals surface area contributed by atoms with Gasteiger partial charge < -0.3 is 4.42 Å². The Morgan fingerprint density at radius 3 is 2.73 bits per heavy atom. The summed E-state index contributed by atoms with van der Waals surface area (Å²) in [4.78, 5) is 10.6. The molecule has 0 saturated heterocycles. The zero-order valence-electron chi connectivity index (χ0n) is 12.2. The van der Waals surface area contributed by atoms with Gasteiger partial charge in [-0.2, -0.15) is 0 Å². The molecule has 1 aromatic heterocycles. The quantitative estimate of drug-likeness (QED) is 0.393. The Balaban J connectivity index is 2.26. The molecule has 0 aliphatic rings. The predicted molar refractivity (Wildman–Crippen MR) is 88.4 cm³/mol. The minimum Gasteiger partial charge on any atom is -0.455 e. The van der Waals surface area contributed by atoms with Crippen LogP contribution in [-0.2, 0) is 0 Å². The van der Waals surface area contributed by atoms with Crippen molar-refractivity contribution in [2.75, 3.05) is 6.54 Å². The first-order valence-corrected chi connectivity index (χ1v) is 7.05. The van der Waals surface area contributed by atoms with Crippen LogP contribution >= 0.6 is 0 Å². The number of fused-ring (bicyclic) bond motifs is 3. The van der Waals surface area contributed by atoms with Gasteiger partial charge in [0.1, 0.15) is 11.2 Å². The van der Waals surface area contributed by atoms with Crippen molar-refractivity contribution in [1.82, 2.24) is 0 Å². The Morgan fingerprint density at radius 2 is 1.95 bits per heavy atom. The van der Waals surface area contributed by atoms with Crippen LogP contribution in [0, 0.1) is 10.1 Å². The van der Waals surface area contributed by atoms with Crippen molar-refractivity contribution in [1.29, 1.82) is 0 Å². The number of furan rings is 1. The van der Waals surface area contributed by atoms with E-state index in [4.69, 9.17) is 4.42 Å². The number of nitrogens with zero attached hydrogens (tertiary/aromatic N) is 1. The van der Waals surface area contributed by atoms with Gasteiger partial charge in [0.15, 0.2) is 0 Å². The van der Waals surface area contributed by atoms with E-state index >= 15 is 0 Å². The lowest BCUT2D eigenvalue weighted by atomic mass is 10.0. The van der Waals surface area contributed by atoms with Gasteiger partial charge in [0, 0.05) is 26.8 Å². The molecule has 3 aromatic rings. The molecular weight excluding hydrogens is 278 g/mol. The third-order valence-electron chi connectivity index (χ3n) is 3.54. The highest BCUT2D eigenvalue weighted by Gasteiger charge is 2.15. The maximum absolute atomic E-state index is 11.0. The summed E-state index contributed by atoms with van der Waals surface area (Å²) in [6.45, 7) is 1.64. The topological polar surface area (TPSA) is 56.3 Å². The van der Waals surface area contributed by atoms with E-state index in [2.05, 4.69) is 0 Å². The van der Waals surface area contributed by atoms with Crippen LogP contribution in [0.15, 0.2) is 65.1 Å². The molecule has 0 saturated carbocycles. The van der Waals surface area contributed by atoms with E-state index in [9.17, 15) is 10.1 Å². The molecule has 3 rings (SSSR count). The van der Waals surface area contributed by atoms with Crippen LogP contribution in [0.5, 0.6) is 0 Å². The lowest BCUT2D eigenvalue weighted by Crippen LogP contribution is -2.03. The molecule has 0 radical (unpaired) electrons. The molecule has 4 heteroatoms. The summed E-state index contributed by atoms with van der Waals surface area (Å²) in [5.41, 5.74) is 2.88. The zero-order chi connectivity index (χ0) is 15.5. The van der Waals surface area contributed by atoms with Gasteiger partial charge >= 0.3 is 0 Å². The number of allylic oxidation sites excluding steroid dienone is 3. The third kappa shape index (κ3) is 2.51. The summed E-state index contributed by atoms with van der Waals surface area (Å²) in [5.74, 6) is 0. The molecule has 2 aromatic carbocycles. The van der Waals surface area contributed by atoms with Crippen LogP contribution < -0.4 is 0 Å². The van der Waals surface area contributed by atoms with E-state index in [-0.39, 0.29) is 11.5 Å². The van der Waals surface area contributed by atoms with Crippen molar-refractivity contribution in [3.8, 4) is 0 Å². The number of para-hydroxylation sites is 2. The lowest BCUT2D eigenvalue weighted by molar-refractivity contribution is -0.465. The Morgan fingerprint density at radius 1 is 1.18 bits per heavy atom. The molecular formula is C18H15NO3. The Kier molecular flexibility index (Phi) is 3.74. The van der Waals surface area contributed by atoms with Crippen LogP contribution in [0.2, 0.25) is 0 Å². The average Bonchev–Trinajstić information content (AvgIpc) is 2.90. The average molecular weight is 293 g/mol. The van der Waals surface area contributed by atoms with Gasteiger partial charge in [0.05, 0.1) is 0 Å². The van der Waals surface area contributed by atoms with E-state index in [0.29, 0.717) is 11.2 Å². The number of benzene rings is 2. The standard InChI is InChI=1S/C18H15NO3/c1-2-3-7-13(12-19(20)21)14-9-6-10-16-15-8-4-5-11-17(15)22-18(14)16/h2-11H,12H2,1H3/b3-2-,13-7+. The Bertz CT molecular complexity index is 903. The molecule has 0 atom stereocenters. The fraction of sp³-hybridized carbons (Fsp3) is 0.111. The first-order chi connectivity index (χ1) is 10.7. The van der Waals surface area contributed by atoms with Crippen LogP contribution in [-0.4, -0.2) is 11.5 Å². The summed E-state index contributed by atoms with van der Waals surface area (Å²) in [5, 5.41) is 13.0. The third-order valence-corrected chi connectivity index (χ3v) is 3.54. The molecule has 0 amide bonds. The molecule has 0 spiro atoms. The zero-order valence-corrected chi connectivity index (χ0v) is 12.2.